The van der Waals surface area contributed by atoms with E-state index in [2.05, 4.69) is 10.7 Å². The predicted octanol–water partition coefficient (Wildman–Crippen LogP) is 1.94. The fraction of sp³-hybridized carbons (Fsp3) is 0. The molecule has 0 spiro atoms. The van der Waals surface area contributed by atoms with Gasteiger partial charge in [-0.15, -0.1) is 4.83 Å². The lowest BCUT2D eigenvalue weighted by Crippen LogP contribution is -2.48. The molecule has 8 nitrogen and oxygen atoms in total. The van der Waals surface area contributed by atoms with Crippen LogP contribution in [-0.2, 0) is 10.0 Å². The zero-order valence-electron chi connectivity index (χ0n) is 13.9. The number of hydrogen-bond donors (Lipinski definition) is 3. The Morgan fingerprint density at radius 3 is 2.46 bits per heavy atom. The van der Waals surface area contributed by atoms with E-state index in [1.165, 1.54) is 30.3 Å². The summed E-state index contributed by atoms with van der Waals surface area (Å²) in [6, 6.07) is 13.5. The van der Waals surface area contributed by atoms with Gasteiger partial charge in [0.2, 0.25) is 0 Å². The second-order valence-electron chi connectivity index (χ2n) is 5.45. The van der Waals surface area contributed by atoms with Gasteiger partial charge in [-0.05, 0) is 48.6 Å². The SMILES string of the molecule is O=C(NC(=S)NNS(=O)(=O)c1ccc(Cl)cc1)c1cc2ccccc2oc1=O. The molecule has 11 heteroatoms. The van der Waals surface area contributed by atoms with Gasteiger partial charge in [0.25, 0.3) is 15.9 Å². The number of amides is 1. The molecule has 0 atom stereocenters. The van der Waals surface area contributed by atoms with Gasteiger partial charge < -0.3 is 4.42 Å². The maximum Gasteiger partial charge on any atom is 0.349 e. The van der Waals surface area contributed by atoms with Gasteiger partial charge in [0.05, 0.1) is 4.90 Å². The van der Waals surface area contributed by atoms with Gasteiger partial charge in [0.15, 0.2) is 5.11 Å². The number of sulfonamides is 1. The van der Waals surface area contributed by atoms with Gasteiger partial charge in [-0.25, -0.2) is 13.2 Å². The van der Waals surface area contributed by atoms with Crippen LogP contribution >= 0.6 is 23.8 Å². The molecule has 0 unspecified atom stereocenters. The molecule has 0 fully saturated rings. The minimum atomic E-state index is -3.95. The molecular formula is C17H12ClN3O5S2. The Morgan fingerprint density at radius 2 is 1.75 bits per heavy atom. The number of halogens is 1. The largest absolute Gasteiger partial charge is 0.422 e. The summed E-state index contributed by atoms with van der Waals surface area (Å²) in [6.45, 7) is 0. The number of hydrogen-bond acceptors (Lipinski definition) is 6. The normalized spacial score (nSPS) is 11.2. The van der Waals surface area contributed by atoms with Crippen LogP contribution in [0.5, 0.6) is 0 Å². The molecule has 1 amide bonds. The fourth-order valence-corrected chi connectivity index (χ4v) is 3.39. The van der Waals surface area contributed by atoms with Gasteiger partial charge in [0.1, 0.15) is 11.1 Å². The van der Waals surface area contributed by atoms with Crippen LogP contribution in [0, 0.1) is 0 Å². The molecule has 0 bridgehead atoms. The topological polar surface area (TPSA) is 118 Å². The number of thiocarbonyl (C=S) groups is 1. The van der Waals surface area contributed by atoms with E-state index in [0.717, 1.165) is 0 Å². The second-order valence-corrected chi connectivity index (χ2v) is 7.98. The predicted molar refractivity (Wildman–Crippen MR) is 107 cm³/mol. The van der Waals surface area contributed by atoms with E-state index in [-0.39, 0.29) is 15.6 Å². The standard InChI is InChI=1S/C17H12ClN3O5S2/c18-11-5-7-12(8-6-11)28(24,25)21-20-17(27)19-15(22)13-9-10-3-1-2-4-14(10)26-16(13)23/h1-9,21H,(H2,19,20,22,27). The molecular weight excluding hydrogens is 426 g/mol. The summed E-state index contributed by atoms with van der Waals surface area (Å²) in [5.74, 6) is -0.845. The summed E-state index contributed by atoms with van der Waals surface area (Å²) in [6.07, 6.45) is 0. The van der Waals surface area contributed by atoms with Crippen molar-refractivity contribution in [3.63, 3.8) is 0 Å². The van der Waals surface area contributed by atoms with E-state index in [1.807, 2.05) is 4.83 Å². The van der Waals surface area contributed by atoms with Crippen molar-refractivity contribution in [2.24, 2.45) is 0 Å². The number of carbonyl (C=O) groups excluding carboxylic acids is 1. The number of para-hydroxylation sites is 1. The highest BCUT2D eigenvalue weighted by atomic mass is 35.5. The second kappa shape index (κ2) is 8.07. The number of nitrogens with one attached hydrogen (secondary N) is 3. The van der Waals surface area contributed by atoms with Crippen molar-refractivity contribution in [2.75, 3.05) is 0 Å². The molecule has 0 aliphatic rings. The van der Waals surface area contributed by atoms with Crippen molar-refractivity contribution < 1.29 is 17.6 Å². The Balaban J connectivity index is 1.68. The van der Waals surface area contributed by atoms with Crippen molar-refractivity contribution in [3.05, 3.63) is 75.6 Å². The minimum absolute atomic E-state index is 0.0614. The molecule has 2 aromatic carbocycles. The van der Waals surface area contributed by atoms with Gasteiger partial charge in [-0.3, -0.25) is 15.5 Å². The molecule has 0 aliphatic heterocycles. The summed E-state index contributed by atoms with van der Waals surface area (Å²) in [7, 11) is -3.95. The Kier molecular flexibility index (Phi) is 5.75. The lowest BCUT2D eigenvalue weighted by atomic mass is 10.2. The Labute approximate surface area is 169 Å². The van der Waals surface area contributed by atoms with Crippen molar-refractivity contribution >= 4 is 55.8 Å². The van der Waals surface area contributed by atoms with Crippen LogP contribution in [0.2, 0.25) is 5.02 Å². The number of carbonyl (C=O) groups is 1. The third-order valence-electron chi connectivity index (χ3n) is 3.54. The lowest BCUT2D eigenvalue weighted by molar-refractivity contribution is 0.0973. The third kappa shape index (κ3) is 4.54. The van der Waals surface area contributed by atoms with Crippen LogP contribution in [-0.4, -0.2) is 19.4 Å². The number of benzene rings is 2. The Morgan fingerprint density at radius 1 is 1.07 bits per heavy atom. The summed E-state index contributed by atoms with van der Waals surface area (Å²) in [4.78, 5) is 26.2. The molecule has 28 heavy (non-hydrogen) atoms. The Bertz CT molecular complexity index is 1220. The highest BCUT2D eigenvalue weighted by molar-refractivity contribution is 7.89. The van der Waals surface area contributed by atoms with E-state index < -0.39 is 21.6 Å². The van der Waals surface area contributed by atoms with Crippen LogP contribution in [0.25, 0.3) is 11.0 Å². The first-order chi connectivity index (χ1) is 13.3. The van der Waals surface area contributed by atoms with Crippen LogP contribution in [0.3, 0.4) is 0 Å². The molecule has 0 saturated carbocycles. The van der Waals surface area contributed by atoms with Crippen LogP contribution in [0.1, 0.15) is 10.4 Å². The highest BCUT2D eigenvalue weighted by Crippen LogP contribution is 2.14. The molecule has 0 radical (unpaired) electrons. The van der Waals surface area contributed by atoms with E-state index in [0.29, 0.717) is 16.0 Å². The van der Waals surface area contributed by atoms with Gasteiger partial charge in [-0.2, -0.15) is 0 Å². The average Bonchev–Trinajstić information content (AvgIpc) is 2.66. The van der Waals surface area contributed by atoms with E-state index in [4.69, 9.17) is 28.2 Å². The maximum absolute atomic E-state index is 12.3. The monoisotopic (exact) mass is 437 g/mol. The first-order valence-electron chi connectivity index (χ1n) is 7.68. The smallest absolute Gasteiger partial charge is 0.349 e. The van der Waals surface area contributed by atoms with E-state index in [9.17, 15) is 18.0 Å². The molecule has 3 N–H and O–H groups in total. The first-order valence-corrected chi connectivity index (χ1v) is 9.95. The molecule has 144 valence electrons. The van der Waals surface area contributed by atoms with Gasteiger partial charge >= 0.3 is 5.63 Å². The van der Waals surface area contributed by atoms with Gasteiger partial charge in [0, 0.05) is 10.4 Å². The molecule has 0 saturated heterocycles. The zero-order chi connectivity index (χ0) is 20.3. The maximum atomic E-state index is 12.3. The first kappa shape index (κ1) is 20.0. The molecule has 1 heterocycles. The van der Waals surface area contributed by atoms with Crippen LogP contribution < -0.4 is 21.2 Å². The zero-order valence-corrected chi connectivity index (χ0v) is 16.3. The fourth-order valence-electron chi connectivity index (χ4n) is 2.21. The van der Waals surface area contributed by atoms with Crippen LogP contribution in [0.4, 0.5) is 0 Å². The number of hydrazine groups is 1. The minimum Gasteiger partial charge on any atom is -0.422 e. The van der Waals surface area contributed by atoms with Gasteiger partial charge in [-0.1, -0.05) is 29.8 Å². The quantitative estimate of drug-likeness (QED) is 0.324. The van der Waals surface area contributed by atoms with E-state index >= 15 is 0 Å². The van der Waals surface area contributed by atoms with Crippen molar-refractivity contribution in [2.45, 2.75) is 4.90 Å². The summed E-state index contributed by atoms with van der Waals surface area (Å²) in [5, 5.41) is 2.79. The molecule has 1 aromatic heterocycles. The summed E-state index contributed by atoms with van der Waals surface area (Å²) in [5.41, 5.74) is 1.40. The Hall–Kier alpha value is -2.79. The van der Waals surface area contributed by atoms with E-state index in [1.54, 1.807) is 24.3 Å². The molecule has 3 aromatic rings. The van der Waals surface area contributed by atoms with Crippen molar-refractivity contribution in [1.82, 2.24) is 15.6 Å². The molecule has 0 aliphatic carbocycles. The summed E-state index contributed by atoms with van der Waals surface area (Å²) >= 11 is 10.6. The number of rotatable bonds is 4. The number of fused-ring (bicyclic) bond motifs is 1. The van der Waals surface area contributed by atoms with Crippen molar-refractivity contribution in [3.8, 4) is 0 Å². The third-order valence-corrected chi connectivity index (χ3v) is 5.26. The van der Waals surface area contributed by atoms with Crippen molar-refractivity contribution in [1.29, 1.82) is 0 Å². The average molecular weight is 438 g/mol. The summed E-state index contributed by atoms with van der Waals surface area (Å²) < 4.78 is 29.4. The highest BCUT2D eigenvalue weighted by Gasteiger charge is 2.17. The molecule has 3 rings (SSSR count). The van der Waals surface area contributed by atoms with Crippen LogP contribution in [0.15, 0.2) is 68.7 Å². The lowest BCUT2D eigenvalue weighted by Gasteiger charge is -2.11.